The first kappa shape index (κ1) is 14.8. The second-order valence-corrected chi connectivity index (χ2v) is 5.38. The fourth-order valence-corrected chi connectivity index (χ4v) is 2.94. The van der Waals surface area contributed by atoms with Gasteiger partial charge in [-0.05, 0) is 19.3 Å². The van der Waals surface area contributed by atoms with E-state index in [0.717, 1.165) is 38.4 Å². The van der Waals surface area contributed by atoms with Gasteiger partial charge in [-0.15, -0.1) is 12.4 Å². The molecule has 0 aromatic carbocycles. The molecule has 0 unspecified atom stereocenters. The fourth-order valence-electron chi connectivity index (χ4n) is 2.94. The SMILES string of the molecule is C[C@H]1CN(C(=O)CCC2CCCC2)CCN1.Cl. The van der Waals surface area contributed by atoms with Crippen LogP contribution in [0.25, 0.3) is 0 Å². The van der Waals surface area contributed by atoms with Crippen LogP contribution < -0.4 is 5.32 Å². The van der Waals surface area contributed by atoms with E-state index in [-0.39, 0.29) is 12.4 Å². The molecule has 0 aromatic heterocycles. The summed E-state index contributed by atoms with van der Waals surface area (Å²) >= 11 is 0. The summed E-state index contributed by atoms with van der Waals surface area (Å²) in [4.78, 5) is 14.0. The summed E-state index contributed by atoms with van der Waals surface area (Å²) in [6.07, 6.45) is 7.36. The van der Waals surface area contributed by atoms with Crippen LogP contribution in [0.15, 0.2) is 0 Å². The average Bonchev–Trinajstić information content (AvgIpc) is 2.78. The van der Waals surface area contributed by atoms with Gasteiger partial charge in [0.25, 0.3) is 0 Å². The topological polar surface area (TPSA) is 32.3 Å². The second-order valence-electron chi connectivity index (χ2n) is 5.38. The lowest BCUT2D eigenvalue weighted by Crippen LogP contribution is -2.51. The van der Waals surface area contributed by atoms with Gasteiger partial charge in [-0.2, -0.15) is 0 Å². The van der Waals surface area contributed by atoms with Gasteiger partial charge in [-0.1, -0.05) is 25.7 Å². The van der Waals surface area contributed by atoms with Crippen molar-refractivity contribution in [3.05, 3.63) is 0 Å². The Morgan fingerprint density at radius 1 is 1.35 bits per heavy atom. The Balaban J connectivity index is 0.00000144. The number of rotatable bonds is 3. The maximum absolute atomic E-state index is 12.0. The number of hydrogen-bond acceptors (Lipinski definition) is 2. The molecule has 1 atom stereocenters. The summed E-state index contributed by atoms with van der Waals surface area (Å²) in [7, 11) is 0. The Morgan fingerprint density at radius 3 is 2.71 bits per heavy atom. The normalized spacial score (nSPS) is 25.7. The maximum Gasteiger partial charge on any atom is 0.222 e. The smallest absolute Gasteiger partial charge is 0.222 e. The zero-order valence-corrected chi connectivity index (χ0v) is 11.6. The number of halogens is 1. The summed E-state index contributed by atoms with van der Waals surface area (Å²) in [5.41, 5.74) is 0. The van der Waals surface area contributed by atoms with Crippen molar-refractivity contribution in [2.24, 2.45) is 5.92 Å². The van der Waals surface area contributed by atoms with Gasteiger partial charge in [0.2, 0.25) is 5.91 Å². The fraction of sp³-hybridized carbons (Fsp3) is 0.923. The van der Waals surface area contributed by atoms with Crippen LogP contribution in [0, 0.1) is 5.92 Å². The maximum atomic E-state index is 12.0. The van der Waals surface area contributed by atoms with Crippen LogP contribution in [0.4, 0.5) is 0 Å². The largest absolute Gasteiger partial charge is 0.340 e. The van der Waals surface area contributed by atoms with E-state index < -0.39 is 0 Å². The van der Waals surface area contributed by atoms with Gasteiger partial charge in [0.1, 0.15) is 0 Å². The minimum atomic E-state index is 0. The van der Waals surface area contributed by atoms with Gasteiger partial charge in [0, 0.05) is 32.1 Å². The summed E-state index contributed by atoms with van der Waals surface area (Å²) in [6, 6.07) is 0.462. The third-order valence-electron chi connectivity index (χ3n) is 3.96. The van der Waals surface area contributed by atoms with Crippen molar-refractivity contribution in [2.75, 3.05) is 19.6 Å². The van der Waals surface area contributed by atoms with Crippen molar-refractivity contribution in [3.8, 4) is 0 Å². The predicted molar refractivity (Wildman–Crippen MR) is 72.5 cm³/mol. The minimum absolute atomic E-state index is 0. The van der Waals surface area contributed by atoms with Gasteiger partial charge in [-0.25, -0.2) is 0 Å². The number of hydrogen-bond donors (Lipinski definition) is 1. The van der Waals surface area contributed by atoms with Crippen molar-refractivity contribution in [3.63, 3.8) is 0 Å². The lowest BCUT2D eigenvalue weighted by molar-refractivity contribution is -0.132. The first-order valence-corrected chi connectivity index (χ1v) is 6.77. The average molecular weight is 261 g/mol. The molecule has 1 saturated carbocycles. The Kier molecular flexibility index (Phi) is 6.28. The molecule has 1 amide bonds. The highest BCUT2D eigenvalue weighted by Gasteiger charge is 2.22. The molecular weight excluding hydrogens is 236 g/mol. The van der Waals surface area contributed by atoms with Crippen LogP contribution in [-0.4, -0.2) is 36.5 Å². The lowest BCUT2D eigenvalue weighted by Gasteiger charge is -2.32. The van der Waals surface area contributed by atoms with E-state index in [0.29, 0.717) is 11.9 Å². The van der Waals surface area contributed by atoms with E-state index in [4.69, 9.17) is 0 Å². The zero-order chi connectivity index (χ0) is 11.4. The first-order chi connectivity index (χ1) is 7.75. The molecular formula is C13H25ClN2O. The molecule has 1 heterocycles. The number of carbonyl (C=O) groups excluding carboxylic acids is 1. The van der Waals surface area contributed by atoms with E-state index in [1.54, 1.807) is 0 Å². The highest BCUT2D eigenvalue weighted by molar-refractivity contribution is 5.85. The van der Waals surface area contributed by atoms with Crippen LogP contribution in [0.2, 0.25) is 0 Å². The zero-order valence-electron chi connectivity index (χ0n) is 10.8. The summed E-state index contributed by atoms with van der Waals surface area (Å²) in [6.45, 7) is 4.89. The van der Waals surface area contributed by atoms with Gasteiger partial charge >= 0.3 is 0 Å². The third-order valence-corrected chi connectivity index (χ3v) is 3.96. The van der Waals surface area contributed by atoms with E-state index in [9.17, 15) is 4.79 Å². The van der Waals surface area contributed by atoms with E-state index in [1.807, 2.05) is 4.90 Å². The molecule has 2 rings (SSSR count). The van der Waals surface area contributed by atoms with Crippen molar-refractivity contribution in [1.29, 1.82) is 0 Å². The number of nitrogens with zero attached hydrogens (tertiary/aromatic N) is 1. The van der Waals surface area contributed by atoms with Crippen molar-refractivity contribution >= 4 is 18.3 Å². The molecule has 0 aromatic rings. The molecule has 2 fully saturated rings. The molecule has 1 N–H and O–H groups in total. The Labute approximate surface area is 111 Å². The number of nitrogens with one attached hydrogen (secondary N) is 1. The summed E-state index contributed by atoms with van der Waals surface area (Å²) in [5.74, 6) is 1.21. The predicted octanol–water partition coefficient (Wildman–Crippen LogP) is 2.20. The molecule has 2 aliphatic rings. The molecule has 3 nitrogen and oxygen atoms in total. The van der Waals surface area contributed by atoms with Crippen LogP contribution in [0.1, 0.15) is 45.4 Å². The van der Waals surface area contributed by atoms with Crippen LogP contribution in [0.5, 0.6) is 0 Å². The highest BCUT2D eigenvalue weighted by Crippen LogP contribution is 2.28. The third kappa shape index (κ3) is 4.47. The monoisotopic (exact) mass is 260 g/mol. The standard InChI is InChI=1S/C13H24N2O.ClH/c1-11-10-15(9-8-14-11)13(16)7-6-12-4-2-3-5-12;/h11-12,14H,2-10H2,1H3;1H/t11-;/m0./s1. The molecule has 1 aliphatic heterocycles. The summed E-state index contributed by atoms with van der Waals surface area (Å²) in [5, 5.41) is 3.37. The van der Waals surface area contributed by atoms with Gasteiger partial charge < -0.3 is 10.2 Å². The van der Waals surface area contributed by atoms with Crippen LogP contribution >= 0.6 is 12.4 Å². The van der Waals surface area contributed by atoms with Gasteiger partial charge in [0.15, 0.2) is 0 Å². The van der Waals surface area contributed by atoms with Gasteiger partial charge in [-0.3, -0.25) is 4.79 Å². The van der Waals surface area contributed by atoms with Crippen LogP contribution in [0.3, 0.4) is 0 Å². The van der Waals surface area contributed by atoms with E-state index in [1.165, 1.54) is 25.7 Å². The second kappa shape index (κ2) is 7.22. The molecule has 0 radical (unpaired) electrons. The Hall–Kier alpha value is -0.280. The number of carbonyl (C=O) groups is 1. The Morgan fingerprint density at radius 2 is 2.06 bits per heavy atom. The number of piperazine rings is 1. The quantitative estimate of drug-likeness (QED) is 0.844. The molecule has 17 heavy (non-hydrogen) atoms. The molecule has 4 heteroatoms. The Bertz CT molecular complexity index is 242. The number of amides is 1. The van der Waals surface area contributed by atoms with E-state index >= 15 is 0 Å². The molecule has 0 bridgehead atoms. The van der Waals surface area contributed by atoms with Crippen LogP contribution in [-0.2, 0) is 4.79 Å². The molecule has 100 valence electrons. The lowest BCUT2D eigenvalue weighted by atomic mass is 10.0. The van der Waals surface area contributed by atoms with Gasteiger partial charge in [0.05, 0.1) is 0 Å². The minimum Gasteiger partial charge on any atom is -0.340 e. The van der Waals surface area contributed by atoms with Crippen molar-refractivity contribution in [1.82, 2.24) is 10.2 Å². The first-order valence-electron chi connectivity index (χ1n) is 6.77. The molecule has 0 spiro atoms. The van der Waals surface area contributed by atoms with Crippen molar-refractivity contribution in [2.45, 2.75) is 51.5 Å². The van der Waals surface area contributed by atoms with Crippen molar-refractivity contribution < 1.29 is 4.79 Å². The van der Waals surface area contributed by atoms with E-state index in [2.05, 4.69) is 12.2 Å². The summed E-state index contributed by atoms with van der Waals surface area (Å²) < 4.78 is 0. The molecule has 1 saturated heterocycles. The molecule has 1 aliphatic carbocycles. The highest BCUT2D eigenvalue weighted by atomic mass is 35.5.